The molecule has 0 saturated heterocycles. The maximum absolute atomic E-state index is 10.8. The average Bonchev–Trinajstić information content (AvgIpc) is 2.86. The molecule has 0 radical (unpaired) electrons. The first-order valence-corrected chi connectivity index (χ1v) is 12.3. The van der Waals surface area contributed by atoms with E-state index in [1.54, 1.807) is 0 Å². The molecule has 0 bridgehead atoms. The summed E-state index contributed by atoms with van der Waals surface area (Å²) in [7, 11) is 0. The number of aliphatic carboxylic acids is 1. The molecule has 3 rings (SSSR count). The van der Waals surface area contributed by atoms with E-state index in [2.05, 4.69) is 13.8 Å². The highest BCUT2D eigenvalue weighted by Crippen LogP contribution is 2.21. The van der Waals surface area contributed by atoms with Gasteiger partial charge in [-0.15, -0.1) is 0 Å². The Morgan fingerprint density at radius 3 is 2.26 bits per heavy atom. The lowest BCUT2D eigenvalue weighted by Crippen LogP contribution is -2.10. The molecule has 0 saturated carbocycles. The van der Waals surface area contributed by atoms with Crippen LogP contribution in [0.1, 0.15) is 55.0 Å². The van der Waals surface area contributed by atoms with Gasteiger partial charge in [-0.3, -0.25) is 4.79 Å². The van der Waals surface area contributed by atoms with Crippen LogP contribution in [0.15, 0.2) is 78.9 Å². The number of rotatable bonds is 13. The average molecular weight is 479 g/mol. The Balaban J connectivity index is 0.00000137. The number of carboxylic acids is 1. The molecule has 0 aromatic heterocycles. The van der Waals surface area contributed by atoms with Gasteiger partial charge in [0.2, 0.25) is 0 Å². The van der Waals surface area contributed by atoms with E-state index < -0.39 is 12.1 Å². The summed E-state index contributed by atoms with van der Waals surface area (Å²) in [6.45, 7) is 5.66. The topological polar surface area (TPSA) is 76.0 Å². The fraction of sp³-hybridized carbons (Fsp3) is 0.367. The summed E-state index contributed by atoms with van der Waals surface area (Å²) in [6, 6.07) is 25.5. The first kappa shape index (κ1) is 28.1. The zero-order valence-corrected chi connectivity index (χ0v) is 20.9. The van der Waals surface area contributed by atoms with Crippen LogP contribution in [-0.2, 0) is 28.8 Å². The second kappa shape index (κ2) is 16.5. The SMILES string of the molecule is CCC.O=C(O)CCc1ccccc1OCCOCCc1cccc([C@@H](O)Cc2ccccc2)c1. The second-order valence-electron chi connectivity index (χ2n) is 8.37. The highest BCUT2D eigenvalue weighted by molar-refractivity contribution is 5.67. The van der Waals surface area contributed by atoms with Crippen LogP contribution in [0.5, 0.6) is 5.75 Å². The monoisotopic (exact) mass is 478 g/mol. The van der Waals surface area contributed by atoms with Crippen LogP contribution in [0.4, 0.5) is 0 Å². The fourth-order valence-corrected chi connectivity index (χ4v) is 3.51. The smallest absolute Gasteiger partial charge is 0.303 e. The van der Waals surface area contributed by atoms with Gasteiger partial charge >= 0.3 is 5.97 Å². The third-order valence-electron chi connectivity index (χ3n) is 5.21. The third kappa shape index (κ3) is 11.2. The molecule has 2 N–H and O–H groups in total. The molecule has 188 valence electrons. The summed E-state index contributed by atoms with van der Waals surface area (Å²) in [5.74, 6) is -0.114. The molecule has 3 aromatic carbocycles. The van der Waals surface area contributed by atoms with Crippen LogP contribution in [0.25, 0.3) is 0 Å². The zero-order chi connectivity index (χ0) is 25.3. The number of carboxylic acid groups (broad SMARTS) is 1. The summed E-state index contributed by atoms with van der Waals surface area (Å²) in [4.78, 5) is 10.8. The van der Waals surface area contributed by atoms with Crippen LogP contribution in [-0.4, -0.2) is 36.0 Å². The van der Waals surface area contributed by atoms with Gasteiger partial charge < -0.3 is 19.7 Å². The molecule has 0 heterocycles. The summed E-state index contributed by atoms with van der Waals surface area (Å²) < 4.78 is 11.5. The molecule has 0 aliphatic rings. The van der Waals surface area contributed by atoms with E-state index in [4.69, 9.17) is 14.6 Å². The number of aliphatic hydroxyl groups is 1. The molecule has 0 aliphatic carbocycles. The molecule has 3 aromatic rings. The van der Waals surface area contributed by atoms with Gasteiger partial charge in [0.1, 0.15) is 12.4 Å². The molecule has 5 heteroatoms. The summed E-state index contributed by atoms with van der Waals surface area (Å²) >= 11 is 0. The van der Waals surface area contributed by atoms with Crippen molar-refractivity contribution in [2.45, 2.75) is 52.1 Å². The quantitative estimate of drug-likeness (QED) is 0.293. The predicted octanol–water partition coefficient (Wildman–Crippen LogP) is 6.03. The van der Waals surface area contributed by atoms with Gasteiger partial charge in [0, 0.05) is 12.8 Å². The lowest BCUT2D eigenvalue weighted by atomic mass is 9.99. The van der Waals surface area contributed by atoms with Crippen molar-refractivity contribution in [1.29, 1.82) is 0 Å². The molecular formula is C30H38O5. The Morgan fingerprint density at radius 2 is 1.51 bits per heavy atom. The maximum atomic E-state index is 10.8. The maximum Gasteiger partial charge on any atom is 0.303 e. The number of benzene rings is 3. The van der Waals surface area contributed by atoms with Gasteiger partial charge in [0.25, 0.3) is 0 Å². The van der Waals surface area contributed by atoms with Gasteiger partial charge in [-0.05, 0) is 41.2 Å². The number of aliphatic hydroxyl groups excluding tert-OH is 1. The predicted molar refractivity (Wildman–Crippen MR) is 140 cm³/mol. The first-order valence-electron chi connectivity index (χ1n) is 12.3. The van der Waals surface area contributed by atoms with Crippen molar-refractivity contribution in [2.75, 3.05) is 19.8 Å². The number of hydrogen-bond donors (Lipinski definition) is 2. The number of aryl methyl sites for hydroxylation is 1. The number of ether oxygens (including phenoxy) is 2. The standard InChI is InChI=1S/C27H30O5.C3H8/c28-25(20-21-7-2-1-3-8-21)24-11-6-9-22(19-24)15-16-31-17-18-32-26-12-5-4-10-23(26)13-14-27(29)30;1-3-2/h1-12,19,25,28H,13-18,20H2,(H,29,30);3H2,1-2H3/t25-;/m0./s1. The van der Waals surface area contributed by atoms with Crippen molar-refractivity contribution >= 4 is 5.97 Å². The van der Waals surface area contributed by atoms with Crippen molar-refractivity contribution < 1.29 is 24.5 Å². The molecule has 5 nitrogen and oxygen atoms in total. The Bertz CT molecular complexity index is 987. The minimum atomic E-state index is -0.820. The van der Waals surface area contributed by atoms with Crippen molar-refractivity contribution in [3.05, 3.63) is 101 Å². The van der Waals surface area contributed by atoms with E-state index >= 15 is 0 Å². The number of hydrogen-bond acceptors (Lipinski definition) is 4. The summed E-state index contributed by atoms with van der Waals surface area (Å²) in [5, 5.41) is 19.4. The van der Waals surface area contributed by atoms with Crippen LogP contribution < -0.4 is 4.74 Å². The molecular weight excluding hydrogens is 440 g/mol. The van der Waals surface area contributed by atoms with E-state index in [9.17, 15) is 9.90 Å². The van der Waals surface area contributed by atoms with E-state index in [-0.39, 0.29) is 6.42 Å². The normalized spacial score (nSPS) is 11.3. The van der Waals surface area contributed by atoms with Gasteiger partial charge in [-0.2, -0.15) is 0 Å². The molecule has 0 aliphatic heterocycles. The highest BCUT2D eigenvalue weighted by atomic mass is 16.5. The van der Waals surface area contributed by atoms with Crippen molar-refractivity contribution in [3.8, 4) is 5.75 Å². The minimum absolute atomic E-state index is 0.0793. The second-order valence-corrected chi connectivity index (χ2v) is 8.37. The molecule has 1 atom stereocenters. The summed E-state index contributed by atoms with van der Waals surface area (Å²) in [5.41, 5.74) is 4.03. The molecule has 0 amide bonds. The zero-order valence-electron chi connectivity index (χ0n) is 20.9. The first-order chi connectivity index (χ1) is 17.0. The molecule has 0 unspecified atom stereocenters. The Labute approximate surface area is 209 Å². The molecule has 0 spiro atoms. The third-order valence-corrected chi connectivity index (χ3v) is 5.21. The van der Waals surface area contributed by atoms with Crippen LogP contribution in [0.2, 0.25) is 0 Å². The van der Waals surface area contributed by atoms with Crippen LogP contribution in [0, 0.1) is 0 Å². The van der Waals surface area contributed by atoms with Crippen molar-refractivity contribution in [1.82, 2.24) is 0 Å². The van der Waals surface area contributed by atoms with E-state index in [1.807, 2.05) is 78.9 Å². The van der Waals surface area contributed by atoms with E-state index in [0.717, 1.165) is 28.7 Å². The Hall–Kier alpha value is -3.15. The van der Waals surface area contributed by atoms with Crippen molar-refractivity contribution in [2.24, 2.45) is 0 Å². The van der Waals surface area contributed by atoms with E-state index in [1.165, 1.54) is 6.42 Å². The lowest BCUT2D eigenvalue weighted by molar-refractivity contribution is -0.136. The van der Waals surface area contributed by atoms with Crippen LogP contribution in [0.3, 0.4) is 0 Å². The highest BCUT2D eigenvalue weighted by Gasteiger charge is 2.09. The van der Waals surface area contributed by atoms with Crippen molar-refractivity contribution in [3.63, 3.8) is 0 Å². The van der Waals surface area contributed by atoms with E-state index in [0.29, 0.717) is 38.4 Å². The van der Waals surface area contributed by atoms with Gasteiger partial charge in [-0.25, -0.2) is 0 Å². The fourth-order valence-electron chi connectivity index (χ4n) is 3.51. The van der Waals surface area contributed by atoms with Gasteiger partial charge in [0.15, 0.2) is 0 Å². The summed E-state index contributed by atoms with van der Waals surface area (Å²) in [6.07, 6.45) is 2.58. The Kier molecular flexibility index (Phi) is 13.2. The minimum Gasteiger partial charge on any atom is -0.491 e. The van der Waals surface area contributed by atoms with Gasteiger partial charge in [-0.1, -0.05) is 93.1 Å². The molecule has 35 heavy (non-hydrogen) atoms. The number of carbonyl (C=O) groups is 1. The Morgan fingerprint density at radius 1 is 0.829 bits per heavy atom. The largest absolute Gasteiger partial charge is 0.491 e. The molecule has 0 fully saturated rings. The number of para-hydroxylation sites is 1. The van der Waals surface area contributed by atoms with Crippen LogP contribution >= 0.6 is 0 Å². The lowest BCUT2D eigenvalue weighted by Gasteiger charge is -2.13. The van der Waals surface area contributed by atoms with Gasteiger partial charge in [0.05, 0.1) is 19.3 Å².